The number of aromatic carboxylic acids is 1. The molecular weight excluding hydrogens is 652 g/mol. The van der Waals surface area contributed by atoms with Gasteiger partial charge in [-0.2, -0.15) is 0 Å². The largest absolute Gasteiger partial charge is 0.491 e. The van der Waals surface area contributed by atoms with Crippen LogP contribution in [0.25, 0.3) is 10.2 Å². The highest BCUT2D eigenvalue weighted by atomic mass is 32.1. The SMILES string of the molecule is Cc1cc(N(CCCCN)c2nc(C(=O)O)c(CCCOc3ccc(C#CCN(C)C)cc3F)s2)nnc1Nc1nc2ccccc2s1. The van der Waals surface area contributed by atoms with Crippen molar-refractivity contribution in [2.24, 2.45) is 5.73 Å². The normalized spacial score (nSPS) is 11.0. The monoisotopic (exact) mass is 688 g/mol. The van der Waals surface area contributed by atoms with E-state index in [0.29, 0.717) is 64.8 Å². The number of ether oxygens (including phenoxy) is 1. The first-order chi connectivity index (χ1) is 23.2. The van der Waals surface area contributed by atoms with Gasteiger partial charge in [0, 0.05) is 17.0 Å². The molecule has 0 radical (unpaired) electrons. The van der Waals surface area contributed by atoms with Gasteiger partial charge in [-0.3, -0.25) is 4.90 Å². The third kappa shape index (κ3) is 9.02. The summed E-state index contributed by atoms with van der Waals surface area (Å²) in [5.41, 5.74) is 8.06. The van der Waals surface area contributed by atoms with Crippen LogP contribution in [0, 0.1) is 24.6 Å². The van der Waals surface area contributed by atoms with Crippen molar-refractivity contribution in [3.63, 3.8) is 0 Å². The van der Waals surface area contributed by atoms with Crippen LogP contribution in [0.5, 0.6) is 5.75 Å². The van der Waals surface area contributed by atoms with Crippen molar-refractivity contribution in [3.05, 3.63) is 76.0 Å². The van der Waals surface area contributed by atoms with Crippen LogP contribution in [0.2, 0.25) is 0 Å². The lowest BCUT2D eigenvalue weighted by Gasteiger charge is -2.21. The molecule has 0 bridgehead atoms. The molecule has 0 aliphatic rings. The summed E-state index contributed by atoms with van der Waals surface area (Å²) in [6.07, 6.45) is 2.38. The van der Waals surface area contributed by atoms with Crippen LogP contribution in [-0.4, -0.2) is 76.5 Å². The molecule has 2 aromatic carbocycles. The van der Waals surface area contributed by atoms with E-state index in [4.69, 9.17) is 10.5 Å². The van der Waals surface area contributed by atoms with E-state index in [1.54, 1.807) is 12.1 Å². The minimum Gasteiger partial charge on any atom is -0.491 e. The number of fused-ring (bicyclic) bond motifs is 1. The van der Waals surface area contributed by atoms with Gasteiger partial charge in [0.1, 0.15) is 0 Å². The first-order valence-corrected chi connectivity index (χ1v) is 17.1. The molecule has 0 saturated heterocycles. The Morgan fingerprint density at radius 2 is 1.92 bits per heavy atom. The van der Waals surface area contributed by atoms with Crippen LogP contribution >= 0.6 is 22.7 Å². The average Bonchev–Trinajstić information content (AvgIpc) is 3.67. The lowest BCUT2D eigenvalue weighted by atomic mass is 10.2. The summed E-state index contributed by atoms with van der Waals surface area (Å²) in [7, 11) is 3.83. The maximum atomic E-state index is 14.6. The molecule has 250 valence electrons. The van der Waals surface area contributed by atoms with Crippen LogP contribution < -0.4 is 20.7 Å². The van der Waals surface area contributed by atoms with Gasteiger partial charge in [0.25, 0.3) is 0 Å². The number of aryl methyl sites for hydroxylation is 2. The summed E-state index contributed by atoms with van der Waals surface area (Å²) in [5, 5.41) is 23.4. The summed E-state index contributed by atoms with van der Waals surface area (Å²) < 4.78 is 21.4. The number of benzene rings is 2. The zero-order valence-corrected chi connectivity index (χ0v) is 28.6. The molecule has 0 atom stereocenters. The molecule has 0 unspecified atom stereocenters. The topological polar surface area (TPSA) is 143 Å². The third-order valence-electron chi connectivity index (χ3n) is 7.09. The third-order valence-corrected chi connectivity index (χ3v) is 9.18. The van der Waals surface area contributed by atoms with Gasteiger partial charge in [-0.15, -0.1) is 21.5 Å². The smallest absolute Gasteiger partial charge is 0.355 e. The number of thiazole rings is 2. The van der Waals surface area contributed by atoms with Gasteiger partial charge in [0.05, 0.1) is 23.4 Å². The number of aromatic nitrogens is 4. The first kappa shape index (κ1) is 34.6. The number of anilines is 4. The lowest BCUT2D eigenvalue weighted by Crippen LogP contribution is -2.21. The van der Waals surface area contributed by atoms with Gasteiger partial charge in [0.2, 0.25) is 0 Å². The Morgan fingerprint density at radius 3 is 2.65 bits per heavy atom. The van der Waals surface area contributed by atoms with Crippen molar-refractivity contribution in [2.45, 2.75) is 32.6 Å². The molecule has 0 spiro atoms. The lowest BCUT2D eigenvalue weighted by molar-refractivity contribution is 0.0690. The quantitative estimate of drug-likeness (QED) is 0.0851. The minimum absolute atomic E-state index is 0.0236. The van der Waals surface area contributed by atoms with Crippen molar-refractivity contribution >= 4 is 60.8 Å². The fraction of sp³-hybridized carbons (Fsp3) is 0.324. The molecule has 3 aromatic heterocycles. The first-order valence-electron chi connectivity index (χ1n) is 15.4. The van der Waals surface area contributed by atoms with E-state index in [0.717, 1.165) is 28.6 Å². The number of unbranched alkanes of at least 4 members (excludes halogenated alkanes) is 1. The Labute approximate surface area is 286 Å². The molecule has 5 rings (SSSR count). The van der Waals surface area contributed by atoms with Gasteiger partial charge in [-0.25, -0.2) is 19.2 Å². The number of hydrogen-bond acceptors (Lipinski definition) is 12. The summed E-state index contributed by atoms with van der Waals surface area (Å²) in [4.78, 5) is 25.7. The summed E-state index contributed by atoms with van der Waals surface area (Å²) in [5.74, 6) is 5.55. The van der Waals surface area contributed by atoms with E-state index in [-0.39, 0.29) is 18.1 Å². The molecule has 0 amide bonds. The predicted octanol–water partition coefficient (Wildman–Crippen LogP) is 6.23. The molecule has 0 aliphatic heterocycles. The van der Waals surface area contributed by atoms with Crippen molar-refractivity contribution in [2.75, 3.05) is 50.6 Å². The number of nitrogens with zero attached hydrogens (tertiary/aromatic N) is 6. The second kappa shape index (κ2) is 16.4. The van der Waals surface area contributed by atoms with Crippen molar-refractivity contribution in [3.8, 4) is 17.6 Å². The maximum Gasteiger partial charge on any atom is 0.355 e. The van der Waals surface area contributed by atoms with E-state index >= 15 is 0 Å². The van der Waals surface area contributed by atoms with Crippen LogP contribution in [0.3, 0.4) is 0 Å². The summed E-state index contributed by atoms with van der Waals surface area (Å²) >= 11 is 2.82. The second-order valence-corrected chi connectivity index (χ2v) is 13.3. The van der Waals surface area contributed by atoms with E-state index < -0.39 is 11.8 Å². The molecule has 0 aliphatic carbocycles. The molecule has 0 saturated carbocycles. The fourth-order valence-corrected chi connectivity index (χ4v) is 6.67. The number of carboxylic acid groups (broad SMARTS) is 1. The molecule has 0 fully saturated rings. The van der Waals surface area contributed by atoms with Crippen LogP contribution in [0.1, 0.15) is 45.8 Å². The number of nitrogens with one attached hydrogen (secondary N) is 1. The second-order valence-electron chi connectivity index (χ2n) is 11.2. The Balaban J connectivity index is 1.28. The van der Waals surface area contributed by atoms with E-state index in [9.17, 15) is 14.3 Å². The Bertz CT molecular complexity index is 1900. The van der Waals surface area contributed by atoms with Gasteiger partial charge in [-0.05, 0) is 95.2 Å². The Morgan fingerprint density at radius 1 is 1.08 bits per heavy atom. The van der Waals surface area contributed by atoms with Gasteiger partial charge >= 0.3 is 5.97 Å². The number of rotatable bonds is 15. The zero-order chi connectivity index (χ0) is 34.0. The van der Waals surface area contributed by atoms with E-state index in [1.165, 1.54) is 28.7 Å². The van der Waals surface area contributed by atoms with Crippen LogP contribution in [0.15, 0.2) is 48.5 Å². The Hall–Kier alpha value is -4.68. The van der Waals surface area contributed by atoms with Gasteiger partial charge in [-0.1, -0.05) is 35.3 Å². The maximum absolute atomic E-state index is 14.6. The molecule has 4 N–H and O–H groups in total. The minimum atomic E-state index is -1.12. The molecule has 5 aromatic rings. The highest BCUT2D eigenvalue weighted by Gasteiger charge is 2.23. The number of hydrogen-bond donors (Lipinski definition) is 3. The standard InChI is InChI=1S/C34H37FN8O3S2/c1-22-20-29(40-41-31(22)39-33-37-25-11-4-5-12-27(25)47-33)43(18-7-6-16-36)34-38-30(32(44)45)28(48-34)13-9-19-46-26-15-14-23(21-24(26)35)10-8-17-42(2)3/h4-5,11-12,14-15,20-21H,6-7,9,13,16-19,36H2,1-3H3,(H,44,45)(H,37,39,41). The summed E-state index contributed by atoms with van der Waals surface area (Å²) in [6, 6.07) is 14.4. The van der Waals surface area contributed by atoms with Gasteiger partial charge in [0.15, 0.2) is 39.2 Å². The van der Waals surface area contributed by atoms with Gasteiger partial charge < -0.3 is 25.8 Å². The number of carboxylic acids is 1. The zero-order valence-electron chi connectivity index (χ0n) is 27.0. The van der Waals surface area contributed by atoms with Crippen molar-refractivity contribution in [1.29, 1.82) is 0 Å². The number of nitrogens with two attached hydrogens (primary N) is 1. The molecule has 48 heavy (non-hydrogen) atoms. The van der Waals surface area contributed by atoms with Crippen LogP contribution in [0.4, 0.5) is 26.3 Å². The molecule has 14 heteroatoms. The highest BCUT2D eigenvalue weighted by Crippen LogP contribution is 2.34. The predicted molar refractivity (Wildman–Crippen MR) is 190 cm³/mol. The summed E-state index contributed by atoms with van der Waals surface area (Å²) in [6.45, 7) is 3.76. The van der Waals surface area contributed by atoms with E-state index in [1.807, 2.05) is 61.2 Å². The van der Waals surface area contributed by atoms with E-state index in [2.05, 4.69) is 37.3 Å². The average molecular weight is 689 g/mol. The highest BCUT2D eigenvalue weighted by molar-refractivity contribution is 7.22. The van der Waals surface area contributed by atoms with Crippen molar-refractivity contribution in [1.82, 2.24) is 25.1 Å². The fourth-order valence-electron chi connectivity index (χ4n) is 4.68. The molecular formula is C34H37FN8O3S2. The Kier molecular flexibility index (Phi) is 11.9. The van der Waals surface area contributed by atoms with Crippen molar-refractivity contribution < 1.29 is 19.0 Å². The number of para-hydroxylation sites is 1. The molecule has 3 heterocycles. The number of carbonyl (C=O) groups is 1. The molecule has 11 nitrogen and oxygen atoms in total. The number of halogens is 1. The van der Waals surface area contributed by atoms with Crippen LogP contribution in [-0.2, 0) is 6.42 Å².